The maximum atomic E-state index is 11.9. The number of hydrogen-bond donors (Lipinski definition) is 2. The number of carbonyl (C=O) groups is 1. The summed E-state index contributed by atoms with van der Waals surface area (Å²) in [5.41, 5.74) is -0.457. The average Bonchev–Trinajstić information content (AvgIpc) is 2.97. The SMILES string of the molecule is CCNC(=NCCCn1ccnc1)NC1CN(C(=O)OC(C)(C)C)C1.I. The molecule has 26 heavy (non-hydrogen) atoms. The molecule has 0 unspecified atom stereocenters. The fraction of sp³-hybridized carbons (Fsp3) is 0.706. The number of rotatable bonds is 6. The van der Waals surface area contributed by atoms with E-state index in [0.29, 0.717) is 13.1 Å². The Kier molecular flexibility index (Phi) is 9.17. The molecule has 8 nitrogen and oxygen atoms in total. The molecule has 0 spiro atoms. The Morgan fingerprint density at radius 3 is 2.69 bits per heavy atom. The normalized spacial score (nSPS) is 15.1. The molecule has 1 aromatic rings. The van der Waals surface area contributed by atoms with Crippen molar-refractivity contribution in [3.63, 3.8) is 0 Å². The molecule has 0 bridgehead atoms. The highest BCUT2D eigenvalue weighted by molar-refractivity contribution is 14.0. The summed E-state index contributed by atoms with van der Waals surface area (Å²) in [6, 6.07) is 0.207. The highest BCUT2D eigenvalue weighted by atomic mass is 127. The van der Waals surface area contributed by atoms with Crippen LogP contribution in [-0.4, -0.2) is 64.3 Å². The van der Waals surface area contributed by atoms with Gasteiger partial charge in [0.2, 0.25) is 0 Å². The third-order valence-electron chi connectivity index (χ3n) is 3.62. The van der Waals surface area contributed by atoms with E-state index in [0.717, 1.165) is 32.0 Å². The van der Waals surface area contributed by atoms with Crippen LogP contribution in [0.5, 0.6) is 0 Å². The smallest absolute Gasteiger partial charge is 0.410 e. The van der Waals surface area contributed by atoms with Gasteiger partial charge in [0.15, 0.2) is 5.96 Å². The summed E-state index contributed by atoms with van der Waals surface area (Å²) in [5.74, 6) is 0.793. The topological polar surface area (TPSA) is 83.8 Å². The largest absolute Gasteiger partial charge is 0.444 e. The molecule has 1 aliphatic rings. The summed E-state index contributed by atoms with van der Waals surface area (Å²) < 4.78 is 7.41. The van der Waals surface area contributed by atoms with Gasteiger partial charge in [-0.05, 0) is 34.1 Å². The van der Waals surface area contributed by atoms with E-state index >= 15 is 0 Å². The first-order chi connectivity index (χ1) is 11.9. The molecule has 148 valence electrons. The Morgan fingerprint density at radius 2 is 2.12 bits per heavy atom. The fourth-order valence-electron chi connectivity index (χ4n) is 2.42. The molecule has 0 saturated carbocycles. The van der Waals surface area contributed by atoms with Gasteiger partial charge in [0.25, 0.3) is 0 Å². The molecular weight excluding hydrogens is 447 g/mol. The van der Waals surface area contributed by atoms with Crippen LogP contribution in [0.3, 0.4) is 0 Å². The number of hydrogen-bond acceptors (Lipinski definition) is 4. The van der Waals surface area contributed by atoms with Crippen molar-refractivity contribution in [3.8, 4) is 0 Å². The number of nitrogens with one attached hydrogen (secondary N) is 2. The average molecular weight is 478 g/mol. The maximum Gasteiger partial charge on any atom is 0.410 e. The van der Waals surface area contributed by atoms with Gasteiger partial charge in [-0.2, -0.15) is 0 Å². The molecule has 1 fully saturated rings. The number of guanidine groups is 1. The maximum absolute atomic E-state index is 11.9. The van der Waals surface area contributed by atoms with Crippen LogP contribution < -0.4 is 10.6 Å². The summed E-state index contributed by atoms with van der Waals surface area (Å²) >= 11 is 0. The van der Waals surface area contributed by atoms with Gasteiger partial charge < -0.3 is 24.8 Å². The molecule has 1 aromatic heterocycles. The van der Waals surface area contributed by atoms with Crippen molar-refractivity contribution in [1.82, 2.24) is 25.1 Å². The van der Waals surface area contributed by atoms with E-state index in [1.165, 1.54) is 0 Å². The molecule has 9 heteroatoms. The number of nitrogens with zero attached hydrogens (tertiary/aromatic N) is 4. The van der Waals surface area contributed by atoms with Gasteiger partial charge >= 0.3 is 6.09 Å². The summed E-state index contributed by atoms with van der Waals surface area (Å²) in [6.45, 7) is 11.4. The number of ether oxygens (including phenoxy) is 1. The number of imidazole rings is 1. The van der Waals surface area contributed by atoms with Gasteiger partial charge in [-0.1, -0.05) is 0 Å². The highest BCUT2D eigenvalue weighted by Crippen LogP contribution is 2.15. The molecule has 1 aliphatic heterocycles. The number of halogens is 1. The van der Waals surface area contributed by atoms with Gasteiger partial charge in [-0.15, -0.1) is 24.0 Å². The number of aliphatic imine (C=N–C) groups is 1. The summed E-state index contributed by atoms with van der Waals surface area (Å²) in [5, 5.41) is 6.61. The molecule has 0 atom stereocenters. The minimum Gasteiger partial charge on any atom is -0.444 e. The number of aromatic nitrogens is 2. The predicted octanol–water partition coefficient (Wildman–Crippen LogP) is 2.07. The van der Waals surface area contributed by atoms with E-state index in [1.807, 2.05) is 44.8 Å². The number of aryl methyl sites for hydroxylation is 1. The molecular formula is C17H31IN6O2. The van der Waals surface area contributed by atoms with Crippen LogP contribution in [0.25, 0.3) is 0 Å². The first-order valence-electron chi connectivity index (χ1n) is 8.86. The third-order valence-corrected chi connectivity index (χ3v) is 3.62. The molecule has 0 radical (unpaired) electrons. The van der Waals surface area contributed by atoms with Crippen LogP contribution >= 0.6 is 24.0 Å². The Balaban J connectivity index is 0.00000338. The Bertz CT molecular complexity index is 564. The first-order valence-corrected chi connectivity index (χ1v) is 8.86. The lowest BCUT2D eigenvalue weighted by atomic mass is 10.1. The van der Waals surface area contributed by atoms with E-state index in [9.17, 15) is 4.79 Å². The lowest BCUT2D eigenvalue weighted by Gasteiger charge is -2.40. The van der Waals surface area contributed by atoms with Crippen LogP contribution in [0.2, 0.25) is 0 Å². The lowest BCUT2D eigenvalue weighted by Crippen LogP contribution is -2.63. The van der Waals surface area contributed by atoms with Gasteiger partial charge in [0, 0.05) is 45.1 Å². The molecule has 2 rings (SSSR count). The molecule has 2 heterocycles. The number of carbonyl (C=O) groups excluding carboxylic acids is 1. The summed E-state index contributed by atoms with van der Waals surface area (Å²) in [7, 11) is 0. The van der Waals surface area contributed by atoms with Crippen molar-refractivity contribution in [2.45, 2.75) is 52.3 Å². The molecule has 1 saturated heterocycles. The minimum atomic E-state index is -0.457. The molecule has 0 aromatic carbocycles. The molecule has 2 N–H and O–H groups in total. The van der Waals surface area contributed by atoms with E-state index in [-0.39, 0.29) is 36.1 Å². The Morgan fingerprint density at radius 1 is 1.38 bits per heavy atom. The van der Waals surface area contributed by atoms with Crippen LogP contribution in [0.1, 0.15) is 34.1 Å². The van der Waals surface area contributed by atoms with E-state index in [2.05, 4.69) is 20.6 Å². The van der Waals surface area contributed by atoms with Crippen molar-refractivity contribution in [3.05, 3.63) is 18.7 Å². The van der Waals surface area contributed by atoms with Gasteiger partial charge in [0.1, 0.15) is 5.60 Å². The van der Waals surface area contributed by atoms with Crippen LogP contribution in [0, 0.1) is 0 Å². The van der Waals surface area contributed by atoms with Gasteiger partial charge in [-0.25, -0.2) is 9.78 Å². The van der Waals surface area contributed by atoms with E-state index in [4.69, 9.17) is 4.74 Å². The summed E-state index contributed by atoms with van der Waals surface area (Å²) in [4.78, 5) is 22.3. The van der Waals surface area contributed by atoms with Gasteiger partial charge in [-0.3, -0.25) is 4.99 Å². The zero-order valence-corrected chi connectivity index (χ0v) is 18.4. The zero-order valence-electron chi connectivity index (χ0n) is 16.1. The number of amides is 1. The van der Waals surface area contributed by atoms with Crippen LogP contribution in [-0.2, 0) is 11.3 Å². The predicted molar refractivity (Wildman–Crippen MR) is 113 cm³/mol. The Labute approximate surface area is 172 Å². The third kappa shape index (κ3) is 7.79. The second-order valence-electron chi connectivity index (χ2n) is 7.14. The molecule has 1 amide bonds. The van der Waals surface area contributed by atoms with Crippen molar-refractivity contribution in [1.29, 1.82) is 0 Å². The van der Waals surface area contributed by atoms with Gasteiger partial charge in [0.05, 0.1) is 12.4 Å². The first kappa shape index (κ1) is 22.5. The Hall–Kier alpha value is -1.52. The minimum absolute atomic E-state index is 0. The number of likely N-dealkylation sites (tertiary alicyclic amines) is 1. The summed E-state index contributed by atoms with van der Waals surface area (Å²) in [6.07, 6.45) is 6.23. The van der Waals surface area contributed by atoms with Crippen molar-refractivity contribution >= 4 is 36.0 Å². The second-order valence-corrected chi connectivity index (χ2v) is 7.14. The standard InChI is InChI=1S/C17H30N6O2.HI/c1-5-19-15(20-7-6-9-22-10-8-18-13-22)21-14-11-23(12-14)16(24)25-17(2,3)4;/h8,10,13-14H,5-7,9,11-12H2,1-4H3,(H2,19,20,21);1H. The van der Waals surface area contributed by atoms with E-state index in [1.54, 1.807) is 11.1 Å². The molecule has 0 aliphatic carbocycles. The van der Waals surface area contributed by atoms with E-state index < -0.39 is 5.60 Å². The highest BCUT2D eigenvalue weighted by Gasteiger charge is 2.34. The quantitative estimate of drug-likeness (QED) is 0.283. The fourth-order valence-corrected chi connectivity index (χ4v) is 2.42. The zero-order chi connectivity index (χ0) is 18.3. The monoisotopic (exact) mass is 478 g/mol. The van der Waals surface area contributed by atoms with Crippen LogP contribution in [0.4, 0.5) is 4.79 Å². The van der Waals surface area contributed by atoms with Crippen molar-refractivity contribution in [2.24, 2.45) is 4.99 Å². The van der Waals surface area contributed by atoms with Crippen molar-refractivity contribution in [2.75, 3.05) is 26.2 Å². The second kappa shape index (κ2) is 10.6. The van der Waals surface area contributed by atoms with Crippen molar-refractivity contribution < 1.29 is 9.53 Å². The van der Waals surface area contributed by atoms with Crippen LogP contribution in [0.15, 0.2) is 23.7 Å². The lowest BCUT2D eigenvalue weighted by molar-refractivity contribution is 0.00701.